The minimum atomic E-state index is -0.107. The fraction of sp³-hybridized carbons (Fsp3) is 0.941. The molecule has 0 unspecified atom stereocenters. The molecule has 0 aromatic carbocycles. The van der Waals surface area contributed by atoms with Gasteiger partial charge in [0.15, 0.2) is 0 Å². The van der Waals surface area contributed by atoms with Crippen molar-refractivity contribution in [1.82, 2.24) is 10.2 Å². The summed E-state index contributed by atoms with van der Waals surface area (Å²) in [6.07, 6.45) is 13.2. The van der Waals surface area contributed by atoms with Crippen LogP contribution in [0.15, 0.2) is 0 Å². The molecule has 2 fully saturated rings. The largest absolute Gasteiger partial charge is 0.335 e. The molecule has 2 saturated carbocycles. The normalized spacial score (nSPS) is 23.3. The lowest BCUT2D eigenvalue weighted by Crippen LogP contribution is -2.59. The lowest BCUT2D eigenvalue weighted by molar-refractivity contribution is 0.103. The Morgan fingerprint density at radius 1 is 1.10 bits per heavy atom. The highest BCUT2D eigenvalue weighted by molar-refractivity contribution is 5.75. The number of carbonyl (C=O) groups excluding carboxylic acids is 1. The molecule has 2 amide bonds. The third-order valence-electron chi connectivity index (χ3n) is 5.48. The molecule has 0 aromatic heterocycles. The molecule has 2 aliphatic carbocycles. The highest BCUT2D eigenvalue weighted by Crippen LogP contribution is 2.32. The Bertz CT molecular complexity index is 318. The zero-order valence-corrected chi connectivity index (χ0v) is 13.7. The van der Waals surface area contributed by atoms with Gasteiger partial charge in [-0.25, -0.2) is 4.79 Å². The second-order valence-electron chi connectivity index (χ2n) is 6.87. The van der Waals surface area contributed by atoms with Gasteiger partial charge in [0.25, 0.3) is 0 Å². The summed E-state index contributed by atoms with van der Waals surface area (Å²) in [6.45, 7) is 3.44. The highest BCUT2D eigenvalue weighted by Gasteiger charge is 2.38. The minimum absolute atomic E-state index is 0.107. The SMILES string of the molecule is CCN(C(=O)NC1CCCCC1)C1(CN)CCCCCC1. The van der Waals surface area contributed by atoms with Crippen LogP contribution < -0.4 is 11.1 Å². The summed E-state index contributed by atoms with van der Waals surface area (Å²) >= 11 is 0. The molecule has 0 radical (unpaired) electrons. The standard InChI is InChI=1S/C17H33N3O/c1-2-20(16(21)19-15-10-6-5-7-11-15)17(14-18)12-8-3-4-9-13-17/h15H,2-14,18H2,1H3,(H,19,21). The number of hydrogen-bond acceptors (Lipinski definition) is 2. The quantitative estimate of drug-likeness (QED) is 0.781. The van der Waals surface area contributed by atoms with E-state index in [9.17, 15) is 4.79 Å². The Morgan fingerprint density at radius 2 is 1.67 bits per heavy atom. The molecule has 3 N–H and O–H groups in total. The van der Waals surface area contributed by atoms with Crippen molar-refractivity contribution in [1.29, 1.82) is 0 Å². The van der Waals surface area contributed by atoms with Crippen LogP contribution in [-0.4, -0.2) is 35.6 Å². The van der Waals surface area contributed by atoms with E-state index in [1.54, 1.807) is 0 Å². The Morgan fingerprint density at radius 3 is 2.19 bits per heavy atom. The van der Waals surface area contributed by atoms with Gasteiger partial charge < -0.3 is 16.0 Å². The van der Waals surface area contributed by atoms with Gasteiger partial charge in [0.1, 0.15) is 0 Å². The van der Waals surface area contributed by atoms with Crippen molar-refractivity contribution < 1.29 is 4.79 Å². The maximum absolute atomic E-state index is 12.8. The second kappa shape index (κ2) is 8.02. The topological polar surface area (TPSA) is 58.4 Å². The number of nitrogens with two attached hydrogens (primary N) is 1. The number of amides is 2. The summed E-state index contributed by atoms with van der Waals surface area (Å²) < 4.78 is 0. The van der Waals surface area contributed by atoms with E-state index in [0.29, 0.717) is 12.6 Å². The van der Waals surface area contributed by atoms with Crippen molar-refractivity contribution in [2.75, 3.05) is 13.1 Å². The van der Waals surface area contributed by atoms with Crippen molar-refractivity contribution >= 4 is 6.03 Å². The maximum Gasteiger partial charge on any atom is 0.318 e. The summed E-state index contributed by atoms with van der Waals surface area (Å²) in [6, 6.07) is 0.498. The van der Waals surface area contributed by atoms with Crippen LogP contribution in [0.5, 0.6) is 0 Å². The zero-order chi connectivity index (χ0) is 15.1. The Balaban J connectivity index is 2.02. The fourth-order valence-electron chi connectivity index (χ4n) is 4.16. The summed E-state index contributed by atoms with van der Waals surface area (Å²) in [4.78, 5) is 14.8. The first-order valence-corrected chi connectivity index (χ1v) is 9.00. The molecule has 4 nitrogen and oxygen atoms in total. The summed E-state index contributed by atoms with van der Waals surface area (Å²) in [5.74, 6) is 0. The van der Waals surface area contributed by atoms with E-state index < -0.39 is 0 Å². The molecule has 2 aliphatic rings. The van der Waals surface area contributed by atoms with Crippen LogP contribution in [0.4, 0.5) is 4.79 Å². The first kappa shape index (κ1) is 16.6. The van der Waals surface area contributed by atoms with E-state index in [1.165, 1.54) is 44.9 Å². The Kier molecular flexibility index (Phi) is 6.34. The smallest absolute Gasteiger partial charge is 0.318 e. The van der Waals surface area contributed by atoms with Crippen LogP contribution >= 0.6 is 0 Å². The van der Waals surface area contributed by atoms with Gasteiger partial charge in [-0.05, 0) is 32.6 Å². The number of likely N-dealkylation sites (N-methyl/N-ethyl adjacent to an activating group) is 1. The molecular weight excluding hydrogens is 262 g/mol. The van der Waals surface area contributed by atoms with Gasteiger partial charge in [0.05, 0.1) is 5.54 Å². The number of rotatable bonds is 4. The van der Waals surface area contributed by atoms with E-state index in [0.717, 1.165) is 32.2 Å². The van der Waals surface area contributed by atoms with Gasteiger partial charge in [-0.1, -0.05) is 44.9 Å². The van der Waals surface area contributed by atoms with Crippen LogP contribution in [0.25, 0.3) is 0 Å². The second-order valence-corrected chi connectivity index (χ2v) is 6.87. The molecule has 0 heterocycles. The Hall–Kier alpha value is -0.770. The maximum atomic E-state index is 12.8. The van der Waals surface area contributed by atoms with Crippen molar-refractivity contribution in [3.63, 3.8) is 0 Å². The molecular formula is C17H33N3O. The summed E-state index contributed by atoms with van der Waals surface area (Å²) in [5.41, 5.74) is 6.03. The molecule has 21 heavy (non-hydrogen) atoms. The van der Waals surface area contributed by atoms with Crippen LogP contribution in [0.1, 0.15) is 77.6 Å². The molecule has 0 saturated heterocycles. The number of urea groups is 1. The highest BCUT2D eigenvalue weighted by atomic mass is 16.2. The monoisotopic (exact) mass is 295 g/mol. The van der Waals surface area contributed by atoms with E-state index in [4.69, 9.17) is 5.73 Å². The summed E-state index contributed by atoms with van der Waals surface area (Å²) in [5, 5.41) is 3.28. The van der Waals surface area contributed by atoms with E-state index >= 15 is 0 Å². The van der Waals surface area contributed by atoms with Crippen molar-refractivity contribution in [2.24, 2.45) is 5.73 Å². The first-order chi connectivity index (χ1) is 10.2. The van der Waals surface area contributed by atoms with Gasteiger partial charge >= 0.3 is 6.03 Å². The number of carbonyl (C=O) groups is 1. The zero-order valence-electron chi connectivity index (χ0n) is 13.7. The third-order valence-corrected chi connectivity index (χ3v) is 5.48. The van der Waals surface area contributed by atoms with Crippen LogP contribution in [0.3, 0.4) is 0 Å². The lowest BCUT2D eigenvalue weighted by atomic mass is 9.88. The van der Waals surface area contributed by atoms with Crippen molar-refractivity contribution in [2.45, 2.75) is 89.1 Å². The van der Waals surface area contributed by atoms with Crippen molar-refractivity contribution in [3.8, 4) is 0 Å². The van der Waals surface area contributed by atoms with Gasteiger partial charge in [-0.2, -0.15) is 0 Å². The Labute approximate surface area is 129 Å². The van der Waals surface area contributed by atoms with Gasteiger partial charge in [-0.3, -0.25) is 0 Å². The average molecular weight is 295 g/mol. The van der Waals surface area contributed by atoms with Gasteiger partial charge in [-0.15, -0.1) is 0 Å². The van der Waals surface area contributed by atoms with Crippen molar-refractivity contribution in [3.05, 3.63) is 0 Å². The average Bonchev–Trinajstić information content (AvgIpc) is 2.75. The predicted octanol–water partition coefficient (Wildman–Crippen LogP) is 3.40. The third kappa shape index (κ3) is 4.12. The molecule has 0 bridgehead atoms. The minimum Gasteiger partial charge on any atom is -0.335 e. The van der Waals surface area contributed by atoms with Crippen LogP contribution in [-0.2, 0) is 0 Å². The lowest BCUT2D eigenvalue weighted by Gasteiger charge is -2.43. The van der Waals surface area contributed by atoms with Crippen LogP contribution in [0, 0.1) is 0 Å². The van der Waals surface area contributed by atoms with E-state index in [-0.39, 0.29) is 11.6 Å². The van der Waals surface area contributed by atoms with E-state index in [1.807, 2.05) is 4.90 Å². The molecule has 0 aromatic rings. The molecule has 122 valence electrons. The van der Waals surface area contributed by atoms with Gasteiger partial charge in [0.2, 0.25) is 0 Å². The first-order valence-electron chi connectivity index (χ1n) is 9.00. The number of hydrogen-bond donors (Lipinski definition) is 2. The number of nitrogens with one attached hydrogen (secondary N) is 1. The predicted molar refractivity (Wildman–Crippen MR) is 87.3 cm³/mol. The molecule has 0 atom stereocenters. The molecule has 2 rings (SSSR count). The molecule has 0 aliphatic heterocycles. The van der Waals surface area contributed by atoms with E-state index in [2.05, 4.69) is 12.2 Å². The number of nitrogens with zero attached hydrogens (tertiary/aromatic N) is 1. The summed E-state index contributed by atoms with van der Waals surface area (Å²) in [7, 11) is 0. The fourth-order valence-corrected chi connectivity index (χ4v) is 4.16. The van der Waals surface area contributed by atoms with Gasteiger partial charge in [0, 0.05) is 19.1 Å². The molecule has 4 heteroatoms. The van der Waals surface area contributed by atoms with Crippen LogP contribution in [0.2, 0.25) is 0 Å². The molecule has 0 spiro atoms.